The van der Waals surface area contributed by atoms with E-state index < -0.39 is 8.07 Å². The molecule has 0 aliphatic carbocycles. The highest BCUT2D eigenvalue weighted by Gasteiger charge is 2.08. The van der Waals surface area contributed by atoms with Gasteiger partial charge in [-0.15, -0.1) is 5.54 Å². The first-order chi connectivity index (χ1) is 9.03. The average molecular weight is 265 g/mol. The van der Waals surface area contributed by atoms with E-state index in [1.165, 1.54) is 0 Å². The van der Waals surface area contributed by atoms with Crippen molar-refractivity contribution in [2.24, 2.45) is 0 Å². The topological polar surface area (TPSA) is 41.6 Å². The summed E-state index contributed by atoms with van der Waals surface area (Å²) in [7, 11) is -1.33. The molecule has 0 spiro atoms. The number of aromatic nitrogens is 3. The van der Waals surface area contributed by atoms with Crippen molar-refractivity contribution in [2.75, 3.05) is 0 Å². The Hall–Kier alpha value is -2.12. The lowest BCUT2D eigenvalue weighted by atomic mass is 10.1. The second-order valence-electron chi connectivity index (χ2n) is 5.69. The Balaban J connectivity index is 2.15. The molecule has 94 valence electrons. The van der Waals surface area contributed by atoms with Crippen molar-refractivity contribution < 1.29 is 0 Å². The average Bonchev–Trinajstić information content (AvgIpc) is 2.83. The summed E-state index contributed by atoms with van der Waals surface area (Å²) in [5, 5.41) is 9.27. The molecule has 1 N–H and O–H groups in total. The van der Waals surface area contributed by atoms with Crippen molar-refractivity contribution in [1.82, 2.24) is 15.2 Å². The fourth-order valence-corrected chi connectivity index (χ4v) is 2.47. The summed E-state index contributed by atoms with van der Waals surface area (Å²) in [6.45, 7) is 6.74. The number of aromatic amines is 1. The van der Waals surface area contributed by atoms with E-state index in [1.807, 2.05) is 6.20 Å². The molecule has 2 aromatic heterocycles. The van der Waals surface area contributed by atoms with Crippen LogP contribution >= 0.6 is 0 Å². The molecule has 4 heteroatoms. The summed E-state index contributed by atoms with van der Waals surface area (Å²) in [6, 6.07) is 6.25. The molecule has 0 aliphatic heterocycles. The summed E-state index contributed by atoms with van der Waals surface area (Å²) in [4.78, 5) is 4.39. The van der Waals surface area contributed by atoms with Crippen molar-refractivity contribution in [1.29, 1.82) is 0 Å². The lowest BCUT2D eigenvalue weighted by Crippen LogP contribution is -2.16. The summed E-state index contributed by atoms with van der Waals surface area (Å²) < 4.78 is 0. The molecule has 3 rings (SSSR count). The van der Waals surface area contributed by atoms with Gasteiger partial charge in [-0.25, -0.2) is 0 Å². The van der Waals surface area contributed by atoms with Gasteiger partial charge in [-0.3, -0.25) is 10.1 Å². The summed E-state index contributed by atoms with van der Waals surface area (Å²) in [6.07, 6.45) is 3.63. The van der Waals surface area contributed by atoms with Crippen LogP contribution in [0, 0.1) is 11.5 Å². The van der Waals surface area contributed by atoms with Gasteiger partial charge in [0.25, 0.3) is 0 Å². The van der Waals surface area contributed by atoms with Gasteiger partial charge < -0.3 is 0 Å². The molecule has 0 amide bonds. The first kappa shape index (κ1) is 11.9. The molecular weight excluding hydrogens is 250 g/mol. The zero-order valence-corrected chi connectivity index (χ0v) is 12.3. The van der Waals surface area contributed by atoms with Gasteiger partial charge in [0, 0.05) is 22.5 Å². The highest BCUT2D eigenvalue weighted by molar-refractivity contribution is 6.83. The maximum Gasteiger partial charge on any atom is 0.129 e. The fraction of sp³-hybridized carbons (Fsp3) is 0.200. The van der Waals surface area contributed by atoms with Gasteiger partial charge in [-0.2, -0.15) is 5.10 Å². The van der Waals surface area contributed by atoms with E-state index in [0.717, 1.165) is 27.4 Å². The Labute approximate surface area is 113 Å². The van der Waals surface area contributed by atoms with Gasteiger partial charge in [0.1, 0.15) is 13.6 Å². The van der Waals surface area contributed by atoms with Crippen LogP contribution in [-0.4, -0.2) is 23.3 Å². The number of benzene rings is 1. The quantitative estimate of drug-likeness (QED) is 0.500. The van der Waals surface area contributed by atoms with E-state index in [4.69, 9.17) is 0 Å². The van der Waals surface area contributed by atoms with E-state index in [0.29, 0.717) is 0 Å². The second kappa shape index (κ2) is 4.21. The van der Waals surface area contributed by atoms with E-state index in [2.05, 4.69) is 64.5 Å². The van der Waals surface area contributed by atoms with Crippen LogP contribution in [0.4, 0.5) is 0 Å². The van der Waals surface area contributed by atoms with Gasteiger partial charge in [0.05, 0.1) is 11.7 Å². The highest BCUT2D eigenvalue weighted by atomic mass is 28.3. The van der Waals surface area contributed by atoms with Crippen molar-refractivity contribution in [3.8, 4) is 11.5 Å². The minimum Gasteiger partial charge on any atom is -0.276 e. The van der Waals surface area contributed by atoms with E-state index in [1.54, 1.807) is 6.20 Å². The summed E-state index contributed by atoms with van der Waals surface area (Å²) >= 11 is 0. The van der Waals surface area contributed by atoms with Gasteiger partial charge in [0.15, 0.2) is 0 Å². The molecule has 2 heterocycles. The standard InChI is InChI=1S/C15H15N3Si/c1-19(2,3)7-6-11-4-5-13-12(8-11)9-16-14-10-17-18-15(13)14/h4-5,8-10H,1-3H3,(H,17,18). The molecule has 0 saturated carbocycles. The molecule has 0 fully saturated rings. The highest BCUT2D eigenvalue weighted by Crippen LogP contribution is 2.22. The Bertz CT molecular complexity index is 816. The molecule has 0 saturated heterocycles. The number of nitrogens with one attached hydrogen (secondary N) is 1. The lowest BCUT2D eigenvalue weighted by molar-refractivity contribution is 1.12. The van der Waals surface area contributed by atoms with Crippen LogP contribution in [-0.2, 0) is 0 Å². The third-order valence-corrected chi connectivity index (χ3v) is 3.74. The van der Waals surface area contributed by atoms with Crippen LogP contribution in [0.1, 0.15) is 5.56 Å². The minimum absolute atomic E-state index is 0.897. The third kappa shape index (κ3) is 2.38. The first-order valence-electron chi connectivity index (χ1n) is 6.28. The number of rotatable bonds is 0. The van der Waals surface area contributed by atoms with Crippen LogP contribution in [0.2, 0.25) is 19.6 Å². The smallest absolute Gasteiger partial charge is 0.129 e. The molecule has 3 aromatic rings. The Kier molecular flexibility index (Phi) is 2.65. The monoisotopic (exact) mass is 265 g/mol. The molecule has 19 heavy (non-hydrogen) atoms. The molecule has 0 aliphatic rings. The number of fused-ring (bicyclic) bond motifs is 3. The largest absolute Gasteiger partial charge is 0.276 e. The van der Waals surface area contributed by atoms with Crippen LogP contribution in [0.5, 0.6) is 0 Å². The predicted molar refractivity (Wildman–Crippen MR) is 81.6 cm³/mol. The number of pyridine rings is 1. The van der Waals surface area contributed by atoms with Crippen LogP contribution in [0.25, 0.3) is 21.8 Å². The van der Waals surface area contributed by atoms with Crippen LogP contribution in [0.3, 0.4) is 0 Å². The van der Waals surface area contributed by atoms with Gasteiger partial charge in [-0.05, 0) is 12.1 Å². The normalized spacial score (nSPS) is 11.5. The predicted octanol–water partition coefficient (Wildman–Crippen LogP) is 3.34. The van der Waals surface area contributed by atoms with E-state index in [-0.39, 0.29) is 0 Å². The molecule has 0 radical (unpaired) electrons. The zero-order valence-electron chi connectivity index (χ0n) is 11.3. The number of hydrogen-bond donors (Lipinski definition) is 1. The maximum atomic E-state index is 4.39. The SMILES string of the molecule is C[Si](C)(C)C#Cc1ccc2c(cnc3cn[nH]c32)c1. The van der Waals surface area contributed by atoms with E-state index in [9.17, 15) is 0 Å². The van der Waals surface area contributed by atoms with Crippen molar-refractivity contribution in [3.05, 3.63) is 36.2 Å². The Morgan fingerprint density at radius 3 is 2.79 bits per heavy atom. The number of nitrogens with zero attached hydrogens (tertiary/aromatic N) is 2. The Morgan fingerprint density at radius 1 is 1.16 bits per heavy atom. The van der Waals surface area contributed by atoms with Crippen molar-refractivity contribution in [2.45, 2.75) is 19.6 Å². The van der Waals surface area contributed by atoms with Crippen molar-refractivity contribution in [3.63, 3.8) is 0 Å². The molecule has 0 bridgehead atoms. The fourth-order valence-electron chi connectivity index (χ4n) is 1.95. The van der Waals surface area contributed by atoms with Gasteiger partial charge >= 0.3 is 0 Å². The molecule has 1 aromatic carbocycles. The second-order valence-corrected chi connectivity index (χ2v) is 10.4. The number of H-pyrrole nitrogens is 1. The lowest BCUT2D eigenvalue weighted by Gasteiger charge is -2.04. The Morgan fingerprint density at radius 2 is 2.00 bits per heavy atom. The summed E-state index contributed by atoms with van der Waals surface area (Å²) in [5.74, 6) is 3.28. The van der Waals surface area contributed by atoms with Crippen molar-refractivity contribution >= 4 is 29.9 Å². The number of hydrogen-bond acceptors (Lipinski definition) is 2. The first-order valence-corrected chi connectivity index (χ1v) is 9.78. The third-order valence-electron chi connectivity index (χ3n) is 2.86. The maximum absolute atomic E-state index is 4.39. The summed E-state index contributed by atoms with van der Waals surface area (Å²) in [5.41, 5.74) is 6.32. The molecule has 3 nitrogen and oxygen atoms in total. The van der Waals surface area contributed by atoms with Gasteiger partial charge in [-0.1, -0.05) is 31.6 Å². The van der Waals surface area contributed by atoms with Crippen LogP contribution < -0.4 is 0 Å². The zero-order chi connectivity index (χ0) is 13.5. The molecule has 0 atom stereocenters. The van der Waals surface area contributed by atoms with Crippen LogP contribution in [0.15, 0.2) is 30.6 Å². The van der Waals surface area contributed by atoms with Gasteiger partial charge in [0.2, 0.25) is 0 Å². The molecule has 0 unspecified atom stereocenters. The molecular formula is C15H15N3Si. The van der Waals surface area contributed by atoms with E-state index >= 15 is 0 Å². The minimum atomic E-state index is -1.33.